The highest BCUT2D eigenvalue weighted by Crippen LogP contribution is 2.38. The van der Waals surface area contributed by atoms with E-state index in [-0.39, 0.29) is 30.3 Å². The van der Waals surface area contributed by atoms with Crippen molar-refractivity contribution in [2.45, 2.75) is 13.0 Å². The number of rotatable bonds is 7. The molecule has 0 bridgehead atoms. The van der Waals surface area contributed by atoms with Crippen molar-refractivity contribution < 1.29 is 28.7 Å². The smallest absolute Gasteiger partial charge is 0.331 e. The Morgan fingerprint density at radius 1 is 1.44 bits per heavy atom. The van der Waals surface area contributed by atoms with Gasteiger partial charge in [-0.15, -0.1) is 6.58 Å². The fourth-order valence-corrected chi connectivity index (χ4v) is 1.98. The van der Waals surface area contributed by atoms with E-state index in [0.29, 0.717) is 5.75 Å². The van der Waals surface area contributed by atoms with E-state index in [1.54, 1.807) is 0 Å². The lowest BCUT2D eigenvalue weighted by molar-refractivity contribution is -0.385. The summed E-state index contributed by atoms with van der Waals surface area (Å²) in [4.78, 5) is 33.9. The van der Waals surface area contributed by atoms with Crippen LogP contribution in [0.2, 0.25) is 0 Å². The van der Waals surface area contributed by atoms with Gasteiger partial charge in [-0.05, 0) is 19.1 Å². The molecule has 1 heterocycles. The lowest BCUT2D eigenvalue weighted by Crippen LogP contribution is -2.35. The van der Waals surface area contributed by atoms with Gasteiger partial charge in [0.05, 0.1) is 16.6 Å². The van der Waals surface area contributed by atoms with Crippen molar-refractivity contribution in [3.63, 3.8) is 0 Å². The highest BCUT2D eigenvalue weighted by molar-refractivity contribution is 5.91. The third-order valence-electron chi connectivity index (χ3n) is 3.20. The zero-order chi connectivity index (χ0) is 18.4. The second-order valence-electron chi connectivity index (χ2n) is 4.97. The number of nitro groups is 1. The van der Waals surface area contributed by atoms with E-state index < -0.39 is 22.9 Å². The number of fused-ring (bicyclic) bond motifs is 1. The van der Waals surface area contributed by atoms with Gasteiger partial charge >= 0.3 is 5.97 Å². The number of hydrogen-bond donors (Lipinski definition) is 1. The maximum atomic E-state index is 11.8. The van der Waals surface area contributed by atoms with E-state index >= 15 is 0 Å². The molecule has 2 rings (SSSR count). The number of benzene rings is 1. The van der Waals surface area contributed by atoms with Crippen LogP contribution in [0, 0.1) is 10.1 Å². The lowest BCUT2D eigenvalue weighted by atomic mass is 10.1. The maximum Gasteiger partial charge on any atom is 0.331 e. The van der Waals surface area contributed by atoms with Gasteiger partial charge < -0.3 is 19.5 Å². The number of carbonyl (C=O) groups excluding carboxylic acids is 2. The molecule has 1 amide bonds. The highest BCUT2D eigenvalue weighted by atomic mass is 16.7. The zero-order valence-corrected chi connectivity index (χ0v) is 13.4. The van der Waals surface area contributed by atoms with Crippen LogP contribution in [0.1, 0.15) is 12.5 Å². The van der Waals surface area contributed by atoms with Gasteiger partial charge in [-0.1, -0.05) is 6.08 Å². The largest absolute Gasteiger partial charge is 0.454 e. The van der Waals surface area contributed by atoms with Crippen LogP contribution in [0.5, 0.6) is 11.5 Å². The Kier molecular flexibility index (Phi) is 5.72. The summed E-state index contributed by atoms with van der Waals surface area (Å²) in [5.41, 5.74) is -0.0972. The molecule has 1 aliphatic heterocycles. The molecule has 1 aliphatic rings. The molecule has 0 spiro atoms. The van der Waals surface area contributed by atoms with Crippen molar-refractivity contribution >= 4 is 23.6 Å². The minimum Gasteiger partial charge on any atom is -0.454 e. The SMILES string of the molecule is C=CCNC(=O)[C@@H](C)OC(=O)/C=C/c1cc2c(cc1[N+](=O)[O-])OCO2. The van der Waals surface area contributed by atoms with Crippen LogP contribution in [0.3, 0.4) is 0 Å². The monoisotopic (exact) mass is 348 g/mol. The lowest BCUT2D eigenvalue weighted by Gasteiger charge is -2.11. The molecule has 25 heavy (non-hydrogen) atoms. The number of nitrogens with one attached hydrogen (secondary N) is 1. The van der Waals surface area contributed by atoms with Gasteiger partial charge in [0.25, 0.3) is 11.6 Å². The summed E-state index contributed by atoms with van der Waals surface area (Å²) in [5.74, 6) is -0.682. The Balaban J connectivity index is 2.08. The van der Waals surface area contributed by atoms with Crippen molar-refractivity contribution in [3.8, 4) is 11.5 Å². The van der Waals surface area contributed by atoms with Crippen molar-refractivity contribution in [3.05, 3.63) is 46.5 Å². The molecule has 9 heteroatoms. The van der Waals surface area contributed by atoms with Crippen LogP contribution in [0.25, 0.3) is 6.08 Å². The van der Waals surface area contributed by atoms with Gasteiger partial charge in [0, 0.05) is 12.6 Å². The Labute approximate surface area is 143 Å². The van der Waals surface area contributed by atoms with Crippen molar-refractivity contribution in [2.75, 3.05) is 13.3 Å². The second kappa shape index (κ2) is 7.95. The third-order valence-corrected chi connectivity index (χ3v) is 3.20. The van der Waals surface area contributed by atoms with Gasteiger partial charge in [-0.2, -0.15) is 0 Å². The Hall–Kier alpha value is -3.36. The predicted molar refractivity (Wildman–Crippen MR) is 87.0 cm³/mol. The fraction of sp³-hybridized carbons (Fsp3) is 0.250. The zero-order valence-electron chi connectivity index (χ0n) is 13.4. The number of esters is 1. The van der Waals surface area contributed by atoms with E-state index in [9.17, 15) is 19.7 Å². The molecule has 132 valence electrons. The molecule has 1 aromatic carbocycles. The Morgan fingerprint density at radius 2 is 2.12 bits per heavy atom. The molecule has 0 saturated carbocycles. The van der Waals surface area contributed by atoms with Gasteiger partial charge in [-0.25, -0.2) is 4.79 Å². The molecular weight excluding hydrogens is 332 g/mol. The van der Waals surface area contributed by atoms with Crippen LogP contribution in [-0.2, 0) is 14.3 Å². The summed E-state index contributed by atoms with van der Waals surface area (Å²) in [6, 6.07) is 2.61. The number of nitro benzene ring substituents is 1. The quantitative estimate of drug-likeness (QED) is 0.261. The first kappa shape index (κ1) is 18.0. The molecule has 0 aliphatic carbocycles. The van der Waals surface area contributed by atoms with Crippen LogP contribution < -0.4 is 14.8 Å². The maximum absolute atomic E-state index is 11.8. The number of carbonyl (C=O) groups is 2. The van der Waals surface area contributed by atoms with E-state index in [1.165, 1.54) is 31.2 Å². The van der Waals surface area contributed by atoms with Crippen molar-refractivity contribution in [1.82, 2.24) is 5.32 Å². The van der Waals surface area contributed by atoms with Crippen LogP contribution in [0.15, 0.2) is 30.9 Å². The molecule has 0 fully saturated rings. The number of amides is 1. The van der Waals surface area contributed by atoms with Gasteiger partial charge in [0.2, 0.25) is 6.79 Å². The molecular formula is C16H16N2O7. The number of hydrogen-bond acceptors (Lipinski definition) is 7. The first-order valence-corrected chi connectivity index (χ1v) is 7.27. The molecule has 1 N–H and O–H groups in total. The summed E-state index contributed by atoms with van der Waals surface area (Å²) >= 11 is 0. The van der Waals surface area contributed by atoms with Crippen molar-refractivity contribution in [2.24, 2.45) is 0 Å². The van der Waals surface area contributed by atoms with Gasteiger partial charge in [-0.3, -0.25) is 14.9 Å². The average molecular weight is 348 g/mol. The highest BCUT2D eigenvalue weighted by Gasteiger charge is 2.22. The molecule has 9 nitrogen and oxygen atoms in total. The van der Waals surface area contributed by atoms with Crippen LogP contribution in [-0.4, -0.2) is 36.2 Å². The molecule has 0 radical (unpaired) electrons. The molecule has 0 unspecified atom stereocenters. The Morgan fingerprint density at radius 3 is 2.76 bits per heavy atom. The number of ether oxygens (including phenoxy) is 3. The molecule has 1 atom stereocenters. The summed E-state index contributed by atoms with van der Waals surface area (Å²) in [6.45, 7) is 5.09. The van der Waals surface area contributed by atoms with Crippen molar-refractivity contribution in [1.29, 1.82) is 0 Å². The summed E-state index contributed by atoms with van der Waals surface area (Å²) < 4.78 is 15.2. The standard InChI is InChI=1S/C16H16N2O7/c1-3-6-17-16(20)10(2)25-15(19)5-4-11-7-13-14(24-9-23-13)8-12(11)18(21)22/h3-5,7-8,10H,1,6,9H2,2H3,(H,17,20)/b5-4+/t10-/m1/s1. The number of nitrogens with zero attached hydrogens (tertiary/aromatic N) is 1. The van der Waals surface area contributed by atoms with E-state index in [2.05, 4.69) is 11.9 Å². The van der Waals surface area contributed by atoms with Crippen LogP contribution in [0.4, 0.5) is 5.69 Å². The van der Waals surface area contributed by atoms with E-state index in [0.717, 1.165) is 6.08 Å². The molecule has 0 saturated heterocycles. The predicted octanol–water partition coefficient (Wildman–Crippen LogP) is 1.57. The Bertz CT molecular complexity index is 742. The normalized spacial score (nSPS) is 13.3. The fourth-order valence-electron chi connectivity index (χ4n) is 1.98. The summed E-state index contributed by atoms with van der Waals surface area (Å²) in [7, 11) is 0. The van der Waals surface area contributed by atoms with Crippen LogP contribution >= 0.6 is 0 Å². The molecule has 0 aromatic heterocycles. The molecule has 1 aromatic rings. The topological polar surface area (TPSA) is 117 Å². The minimum absolute atomic E-state index is 0.0287. The van der Waals surface area contributed by atoms with E-state index in [4.69, 9.17) is 14.2 Å². The first-order chi connectivity index (χ1) is 11.9. The van der Waals surface area contributed by atoms with E-state index in [1.807, 2.05) is 0 Å². The van der Waals surface area contributed by atoms with Gasteiger partial charge in [0.15, 0.2) is 17.6 Å². The summed E-state index contributed by atoms with van der Waals surface area (Å²) in [5, 5.41) is 13.6. The second-order valence-corrected chi connectivity index (χ2v) is 4.97. The van der Waals surface area contributed by atoms with Gasteiger partial charge in [0.1, 0.15) is 0 Å². The first-order valence-electron chi connectivity index (χ1n) is 7.27. The minimum atomic E-state index is -1.01. The third kappa shape index (κ3) is 4.56. The summed E-state index contributed by atoms with van der Waals surface area (Å²) in [6.07, 6.45) is 2.70. The average Bonchev–Trinajstić information content (AvgIpc) is 3.04.